The van der Waals surface area contributed by atoms with Crippen molar-refractivity contribution in [3.05, 3.63) is 30.1 Å². The molecule has 0 saturated heterocycles. The first-order valence-electron chi connectivity index (χ1n) is 10.5. The summed E-state index contributed by atoms with van der Waals surface area (Å²) in [6.45, 7) is -3.54. The second-order valence-electron chi connectivity index (χ2n) is 8.14. The third-order valence-corrected chi connectivity index (χ3v) is 5.16. The maximum atomic E-state index is 13.8. The van der Waals surface area contributed by atoms with Crippen LogP contribution in [0.4, 0.5) is 74.6 Å². The lowest BCUT2D eigenvalue weighted by Gasteiger charge is -2.42. The topological polar surface area (TPSA) is 65.5 Å². The molecule has 1 aromatic rings. The molecule has 0 saturated carbocycles. The number of aryl methyl sites for hydroxylation is 1. The Kier molecular flexibility index (Phi) is 10.4. The largest absolute Gasteiger partial charge is 0.463 e. The number of ether oxygens (including phenoxy) is 2. The van der Waals surface area contributed by atoms with Crippen molar-refractivity contribution in [1.29, 1.82) is 0 Å². The maximum absolute atomic E-state index is 13.8. The van der Waals surface area contributed by atoms with Gasteiger partial charge >= 0.3 is 59.6 Å². The summed E-state index contributed by atoms with van der Waals surface area (Å²) in [4.78, 5) is 26.6. The van der Waals surface area contributed by atoms with E-state index < -0.39 is 85.6 Å². The first kappa shape index (κ1) is 36.9. The number of pyridine rings is 1. The van der Waals surface area contributed by atoms with E-state index in [0.29, 0.717) is 5.56 Å². The minimum Gasteiger partial charge on any atom is -0.463 e. The summed E-state index contributed by atoms with van der Waals surface area (Å²) < 4.78 is 233. The summed E-state index contributed by atoms with van der Waals surface area (Å²) in [5.41, 5.74) is 0.512. The van der Waals surface area contributed by atoms with Gasteiger partial charge < -0.3 is 9.47 Å². The number of halogens is 17. The van der Waals surface area contributed by atoms with Gasteiger partial charge in [0.1, 0.15) is 0 Å². The van der Waals surface area contributed by atoms with Gasteiger partial charge in [-0.25, -0.2) is 4.79 Å². The van der Waals surface area contributed by atoms with E-state index in [1.54, 1.807) is 0 Å². The molecule has 0 N–H and O–H groups in total. The maximum Gasteiger partial charge on any atom is 0.460 e. The second kappa shape index (κ2) is 11.9. The molecule has 0 bridgehead atoms. The van der Waals surface area contributed by atoms with Crippen molar-refractivity contribution in [3.63, 3.8) is 0 Å². The van der Waals surface area contributed by atoms with Crippen molar-refractivity contribution in [3.8, 4) is 0 Å². The zero-order valence-electron chi connectivity index (χ0n) is 19.9. The van der Waals surface area contributed by atoms with Crippen LogP contribution in [0.5, 0.6) is 0 Å². The van der Waals surface area contributed by atoms with Crippen LogP contribution in [0.15, 0.2) is 24.5 Å². The van der Waals surface area contributed by atoms with Crippen LogP contribution in [-0.4, -0.2) is 77.8 Å². The lowest BCUT2D eigenvalue weighted by Crippen LogP contribution is -2.74. The van der Waals surface area contributed by atoms with Gasteiger partial charge in [0.25, 0.3) is 0 Å². The van der Waals surface area contributed by atoms with E-state index in [0.717, 1.165) is 0 Å². The average molecular weight is 655 g/mol. The van der Waals surface area contributed by atoms with Crippen LogP contribution < -0.4 is 0 Å². The number of rotatable bonds is 14. The molecule has 242 valence electrons. The van der Waals surface area contributed by atoms with Gasteiger partial charge in [0.15, 0.2) is 6.61 Å². The van der Waals surface area contributed by atoms with Gasteiger partial charge in [-0.05, 0) is 18.1 Å². The van der Waals surface area contributed by atoms with Gasteiger partial charge in [0.2, 0.25) is 0 Å². The van der Waals surface area contributed by atoms with E-state index in [-0.39, 0.29) is 6.42 Å². The summed E-state index contributed by atoms with van der Waals surface area (Å²) in [5, 5.41) is 0. The second-order valence-corrected chi connectivity index (χ2v) is 8.14. The molecule has 0 aliphatic carbocycles. The fourth-order valence-electron chi connectivity index (χ4n) is 2.69. The molecule has 22 heteroatoms. The van der Waals surface area contributed by atoms with Crippen LogP contribution in [-0.2, 0) is 25.5 Å². The molecule has 0 unspecified atom stereocenters. The van der Waals surface area contributed by atoms with E-state index in [1.807, 2.05) is 0 Å². The highest BCUT2D eigenvalue weighted by Gasteiger charge is 2.95. The van der Waals surface area contributed by atoms with E-state index in [1.165, 1.54) is 24.5 Å². The molecule has 0 aromatic carbocycles. The molecule has 0 amide bonds. The molecule has 1 heterocycles. The third kappa shape index (κ3) is 6.60. The fraction of sp³-hybridized carbons (Fsp3) is 0.650. The van der Waals surface area contributed by atoms with Gasteiger partial charge in [0.05, 0.1) is 13.0 Å². The number of carbonyl (C=O) groups excluding carboxylic acids is 2. The van der Waals surface area contributed by atoms with E-state index in [9.17, 15) is 84.2 Å². The Morgan fingerprint density at radius 2 is 1.12 bits per heavy atom. The number of carbonyl (C=O) groups is 2. The zero-order chi connectivity index (χ0) is 33.2. The highest BCUT2D eigenvalue weighted by atomic mass is 19.4. The van der Waals surface area contributed by atoms with Gasteiger partial charge in [-0.2, -0.15) is 74.6 Å². The summed E-state index contributed by atoms with van der Waals surface area (Å²) in [5.74, 6) is -60.2. The van der Waals surface area contributed by atoms with Gasteiger partial charge in [-0.15, -0.1) is 0 Å². The Bertz CT molecular complexity index is 1090. The molecule has 42 heavy (non-hydrogen) atoms. The minimum absolute atomic E-state index is 0.0146. The molecular formula is C20H14F17NO4. The highest BCUT2D eigenvalue weighted by molar-refractivity contribution is 5.76. The van der Waals surface area contributed by atoms with Crippen LogP contribution in [0.2, 0.25) is 0 Å². The minimum atomic E-state index is -8.73. The molecular weight excluding hydrogens is 641 g/mol. The van der Waals surface area contributed by atoms with Gasteiger partial charge in [-0.1, -0.05) is 6.07 Å². The molecule has 0 radical (unpaired) electrons. The van der Waals surface area contributed by atoms with Crippen molar-refractivity contribution < 1.29 is 93.7 Å². The lowest BCUT2D eigenvalue weighted by molar-refractivity contribution is -0.461. The summed E-state index contributed by atoms with van der Waals surface area (Å²) in [6.07, 6.45) is -8.45. The molecule has 0 fully saturated rings. The Balaban J connectivity index is 2.95. The van der Waals surface area contributed by atoms with Crippen molar-refractivity contribution in [2.45, 2.75) is 66.9 Å². The van der Waals surface area contributed by atoms with Crippen molar-refractivity contribution in [1.82, 2.24) is 4.98 Å². The normalized spacial score (nSPS) is 14.5. The Hall–Kier alpha value is -3.10. The number of nitrogens with zero attached hydrogens (tertiary/aromatic N) is 1. The van der Waals surface area contributed by atoms with Crippen LogP contribution >= 0.6 is 0 Å². The Morgan fingerprint density at radius 1 is 0.643 bits per heavy atom. The summed E-state index contributed by atoms with van der Waals surface area (Å²) >= 11 is 0. The predicted octanol–water partition coefficient (Wildman–Crippen LogP) is 6.50. The molecule has 0 atom stereocenters. The van der Waals surface area contributed by atoms with E-state index in [4.69, 9.17) is 0 Å². The number of aromatic nitrogens is 1. The van der Waals surface area contributed by atoms with Crippen molar-refractivity contribution >= 4 is 11.9 Å². The monoisotopic (exact) mass is 655 g/mol. The van der Waals surface area contributed by atoms with Crippen LogP contribution in [0.1, 0.15) is 18.4 Å². The molecule has 0 aliphatic rings. The first-order chi connectivity index (χ1) is 18.6. The zero-order valence-corrected chi connectivity index (χ0v) is 19.9. The SMILES string of the molecule is O=C(CCc1cccnc1)OCC(=O)OCCC(F)(F)C(F)(F)C(F)(F)C(F)(F)C(F)(F)C(F)(F)C(F)(F)C(F)(F)F. The quantitative estimate of drug-likeness (QED) is 0.169. The fourth-order valence-corrected chi connectivity index (χ4v) is 2.69. The van der Waals surface area contributed by atoms with Crippen molar-refractivity contribution in [2.24, 2.45) is 0 Å². The molecule has 5 nitrogen and oxygen atoms in total. The predicted molar refractivity (Wildman–Crippen MR) is 99.8 cm³/mol. The van der Waals surface area contributed by atoms with Crippen LogP contribution in [0, 0.1) is 0 Å². The number of hydrogen-bond acceptors (Lipinski definition) is 5. The number of hydrogen-bond donors (Lipinski definition) is 0. The molecule has 1 rings (SSSR count). The van der Waals surface area contributed by atoms with Crippen molar-refractivity contribution in [2.75, 3.05) is 13.2 Å². The summed E-state index contributed by atoms with van der Waals surface area (Å²) in [6, 6.07) is 3.01. The standard InChI is InChI=1S/C20H14F17NO4/c21-13(22,5-7-41-12(40)9-42-11(39)4-3-10-2-1-6-38-8-10)14(23,24)15(25,26)16(27,28)17(29,30)18(31,32)19(33,34)20(35,36)37/h1-2,6,8H,3-5,7,9H2. The number of alkyl halides is 17. The number of esters is 2. The van der Waals surface area contributed by atoms with Crippen LogP contribution in [0.25, 0.3) is 0 Å². The summed E-state index contributed by atoms with van der Waals surface area (Å²) in [7, 11) is 0. The third-order valence-electron chi connectivity index (χ3n) is 5.16. The lowest BCUT2D eigenvalue weighted by atomic mass is 9.88. The smallest absolute Gasteiger partial charge is 0.460 e. The van der Waals surface area contributed by atoms with Gasteiger partial charge in [-0.3, -0.25) is 9.78 Å². The Morgan fingerprint density at radius 3 is 1.57 bits per heavy atom. The average Bonchev–Trinajstić information content (AvgIpc) is 2.85. The van der Waals surface area contributed by atoms with Gasteiger partial charge in [0, 0.05) is 18.8 Å². The Labute approximate surface area is 221 Å². The molecule has 0 spiro atoms. The van der Waals surface area contributed by atoms with E-state index >= 15 is 0 Å². The first-order valence-corrected chi connectivity index (χ1v) is 10.5. The van der Waals surface area contributed by atoms with Crippen LogP contribution in [0.3, 0.4) is 0 Å². The molecule has 0 aliphatic heterocycles. The molecule has 1 aromatic heterocycles. The highest BCUT2D eigenvalue weighted by Crippen LogP contribution is 2.64. The van der Waals surface area contributed by atoms with E-state index in [2.05, 4.69) is 14.5 Å².